The number of nitrogen functional groups attached to an aromatic ring is 1. The van der Waals surface area contributed by atoms with E-state index in [0.29, 0.717) is 18.2 Å². The van der Waals surface area contributed by atoms with Gasteiger partial charge in [-0.1, -0.05) is 31.2 Å². The first-order valence-electron chi connectivity index (χ1n) is 6.43. The van der Waals surface area contributed by atoms with E-state index in [-0.39, 0.29) is 0 Å². The van der Waals surface area contributed by atoms with Gasteiger partial charge in [-0.3, -0.25) is 4.57 Å². The van der Waals surface area contributed by atoms with Gasteiger partial charge in [-0.15, -0.1) is 21.9 Å². The van der Waals surface area contributed by atoms with Crippen molar-refractivity contribution in [2.24, 2.45) is 0 Å². The van der Waals surface area contributed by atoms with E-state index in [9.17, 15) is 0 Å². The Morgan fingerprint density at radius 1 is 1.35 bits per heavy atom. The number of thioether (sulfide) groups is 1. The van der Waals surface area contributed by atoms with E-state index in [1.807, 2.05) is 4.68 Å². The van der Waals surface area contributed by atoms with Gasteiger partial charge in [-0.05, 0) is 16.8 Å². The van der Waals surface area contributed by atoms with Gasteiger partial charge < -0.3 is 5.73 Å². The van der Waals surface area contributed by atoms with Crippen LogP contribution in [0.2, 0.25) is 0 Å². The summed E-state index contributed by atoms with van der Waals surface area (Å²) < 4.78 is 3.63. The van der Waals surface area contributed by atoms with Crippen LogP contribution in [0.1, 0.15) is 25.6 Å². The number of aryl methyl sites for hydroxylation is 1. The summed E-state index contributed by atoms with van der Waals surface area (Å²) in [6.07, 6.45) is 3.92. The third-order valence-corrected chi connectivity index (χ3v) is 3.68. The highest BCUT2D eigenvalue weighted by molar-refractivity contribution is 7.98. The largest absolute Gasteiger partial charge is 0.368 e. The fraction of sp³-hybridized carbons (Fsp3) is 0.545. The van der Waals surface area contributed by atoms with Crippen LogP contribution in [0, 0.1) is 0 Å². The van der Waals surface area contributed by atoms with Crippen LogP contribution in [-0.2, 0) is 18.8 Å². The fourth-order valence-electron chi connectivity index (χ4n) is 1.64. The van der Waals surface area contributed by atoms with Gasteiger partial charge >= 0.3 is 0 Å². The molecule has 2 aromatic heterocycles. The van der Waals surface area contributed by atoms with Gasteiger partial charge in [-0.2, -0.15) is 0 Å². The molecule has 0 amide bonds. The van der Waals surface area contributed by atoms with Crippen LogP contribution in [0.5, 0.6) is 0 Å². The maximum atomic E-state index is 5.75. The third kappa shape index (κ3) is 3.35. The molecule has 0 unspecified atom stereocenters. The summed E-state index contributed by atoms with van der Waals surface area (Å²) in [4.78, 5) is 0. The Morgan fingerprint density at radius 3 is 2.95 bits per heavy atom. The van der Waals surface area contributed by atoms with Gasteiger partial charge in [0.25, 0.3) is 0 Å². The Kier molecular flexibility index (Phi) is 5.10. The first-order chi connectivity index (χ1) is 9.76. The number of hydrogen-bond acceptors (Lipinski definition) is 7. The summed E-state index contributed by atoms with van der Waals surface area (Å²) in [5, 5.41) is 20.4. The molecule has 2 heterocycles. The van der Waals surface area contributed by atoms with Crippen molar-refractivity contribution in [1.29, 1.82) is 0 Å². The van der Waals surface area contributed by atoms with Crippen molar-refractivity contribution in [3.8, 4) is 0 Å². The molecule has 108 valence electrons. The van der Waals surface area contributed by atoms with Crippen molar-refractivity contribution < 1.29 is 0 Å². The molecule has 0 spiro atoms. The van der Waals surface area contributed by atoms with Crippen molar-refractivity contribution in [2.45, 2.75) is 43.8 Å². The van der Waals surface area contributed by atoms with Crippen LogP contribution in [0.25, 0.3) is 0 Å². The van der Waals surface area contributed by atoms with E-state index in [0.717, 1.165) is 30.4 Å². The lowest BCUT2D eigenvalue weighted by atomic mass is 10.3. The monoisotopic (exact) mass is 294 g/mol. The van der Waals surface area contributed by atoms with E-state index in [4.69, 9.17) is 5.73 Å². The Balaban J connectivity index is 2.02. The second-order valence-corrected chi connectivity index (χ2v) is 5.14. The Hall–Kier alpha value is -1.90. The zero-order valence-electron chi connectivity index (χ0n) is 11.4. The highest BCUT2D eigenvalue weighted by Gasteiger charge is 2.12. The Morgan fingerprint density at radius 2 is 2.20 bits per heavy atom. The average Bonchev–Trinajstić information content (AvgIpc) is 3.03. The van der Waals surface area contributed by atoms with E-state index in [2.05, 4.69) is 39.2 Å². The number of hydrogen-bond donors (Lipinski definition) is 1. The summed E-state index contributed by atoms with van der Waals surface area (Å²) in [7, 11) is 0. The second kappa shape index (κ2) is 7.04. The summed E-state index contributed by atoms with van der Waals surface area (Å²) in [5.74, 6) is 1.85. The van der Waals surface area contributed by atoms with Crippen molar-refractivity contribution in [2.75, 3.05) is 5.73 Å². The molecule has 2 rings (SSSR count). The van der Waals surface area contributed by atoms with E-state index in [1.54, 1.807) is 10.6 Å². The van der Waals surface area contributed by atoms with Crippen molar-refractivity contribution >= 4 is 17.7 Å². The standard InChI is InChI=1S/C11H18N8S/c1-3-5-7-19-9(13-16-17-19)8-20-11-15-14-10(12)18(11)6-4-2/h4H,2-3,5-8H2,1H3,(H2,12,14). The summed E-state index contributed by atoms with van der Waals surface area (Å²) >= 11 is 1.51. The SMILES string of the molecule is C=CCn1c(N)nnc1SCc1nnnn1CCCC. The summed E-state index contributed by atoms with van der Waals surface area (Å²) in [5.41, 5.74) is 5.75. The number of aromatic nitrogens is 7. The summed E-state index contributed by atoms with van der Waals surface area (Å²) in [6.45, 7) is 7.26. The minimum atomic E-state index is 0.387. The highest BCUT2D eigenvalue weighted by atomic mass is 32.2. The molecule has 0 bridgehead atoms. The van der Waals surface area contributed by atoms with E-state index in [1.165, 1.54) is 11.8 Å². The number of rotatable bonds is 8. The molecule has 0 saturated carbocycles. The lowest BCUT2D eigenvalue weighted by Gasteiger charge is -2.05. The predicted molar refractivity (Wildman–Crippen MR) is 76.9 cm³/mol. The molecule has 0 aliphatic carbocycles. The number of tetrazole rings is 1. The van der Waals surface area contributed by atoms with Crippen LogP contribution >= 0.6 is 11.8 Å². The van der Waals surface area contributed by atoms with E-state index < -0.39 is 0 Å². The van der Waals surface area contributed by atoms with Gasteiger partial charge in [0.1, 0.15) is 0 Å². The highest BCUT2D eigenvalue weighted by Crippen LogP contribution is 2.21. The molecule has 8 nitrogen and oxygen atoms in total. The normalized spacial score (nSPS) is 10.8. The number of allylic oxidation sites excluding steroid dienone is 1. The topological polar surface area (TPSA) is 100 Å². The van der Waals surface area contributed by atoms with Crippen molar-refractivity contribution in [3.05, 3.63) is 18.5 Å². The molecule has 0 aliphatic heterocycles. The number of anilines is 1. The zero-order chi connectivity index (χ0) is 14.4. The minimum absolute atomic E-state index is 0.387. The molecule has 2 aromatic rings. The van der Waals surface area contributed by atoms with Gasteiger partial charge in [0, 0.05) is 13.1 Å². The molecule has 0 aromatic carbocycles. The van der Waals surface area contributed by atoms with Crippen LogP contribution in [0.15, 0.2) is 17.8 Å². The first-order valence-corrected chi connectivity index (χ1v) is 7.42. The van der Waals surface area contributed by atoms with Crippen molar-refractivity contribution in [1.82, 2.24) is 35.0 Å². The fourth-order valence-corrected chi connectivity index (χ4v) is 2.53. The summed E-state index contributed by atoms with van der Waals surface area (Å²) in [6, 6.07) is 0. The van der Waals surface area contributed by atoms with Crippen LogP contribution < -0.4 is 5.73 Å². The second-order valence-electron chi connectivity index (χ2n) is 4.20. The average molecular weight is 294 g/mol. The lowest BCUT2D eigenvalue weighted by Crippen LogP contribution is -2.06. The van der Waals surface area contributed by atoms with Crippen LogP contribution in [0.3, 0.4) is 0 Å². The molecular weight excluding hydrogens is 276 g/mol. The molecule has 2 N–H and O–H groups in total. The van der Waals surface area contributed by atoms with Gasteiger partial charge in [0.15, 0.2) is 11.0 Å². The molecule has 0 radical (unpaired) electrons. The molecular formula is C11H18N8S. The van der Waals surface area contributed by atoms with Crippen molar-refractivity contribution in [3.63, 3.8) is 0 Å². The van der Waals surface area contributed by atoms with Crippen LogP contribution in [0.4, 0.5) is 5.95 Å². The minimum Gasteiger partial charge on any atom is -0.368 e. The molecule has 20 heavy (non-hydrogen) atoms. The van der Waals surface area contributed by atoms with Gasteiger partial charge in [0.05, 0.1) is 5.75 Å². The maximum absolute atomic E-state index is 5.75. The molecule has 0 atom stereocenters. The third-order valence-electron chi connectivity index (χ3n) is 2.72. The quantitative estimate of drug-likeness (QED) is 0.575. The van der Waals surface area contributed by atoms with Gasteiger partial charge in [0.2, 0.25) is 5.95 Å². The molecule has 0 fully saturated rings. The Bertz CT molecular complexity index is 561. The number of unbranched alkanes of at least 4 members (excludes halogenated alkanes) is 1. The van der Waals surface area contributed by atoms with E-state index >= 15 is 0 Å². The zero-order valence-corrected chi connectivity index (χ0v) is 12.3. The first kappa shape index (κ1) is 14.5. The molecule has 0 aliphatic rings. The van der Waals surface area contributed by atoms with Gasteiger partial charge in [-0.25, -0.2) is 4.68 Å². The molecule has 0 saturated heterocycles. The predicted octanol–water partition coefficient (Wildman–Crippen LogP) is 1.13. The Labute approximate surface area is 121 Å². The number of nitrogens with two attached hydrogens (primary N) is 1. The van der Waals surface area contributed by atoms with Crippen LogP contribution in [-0.4, -0.2) is 35.0 Å². The smallest absolute Gasteiger partial charge is 0.222 e. The maximum Gasteiger partial charge on any atom is 0.222 e. The lowest BCUT2D eigenvalue weighted by molar-refractivity contribution is 0.540. The molecule has 9 heteroatoms. The number of nitrogens with zero attached hydrogens (tertiary/aromatic N) is 7.